The summed E-state index contributed by atoms with van der Waals surface area (Å²) in [6.45, 7) is -0.217. The fourth-order valence-corrected chi connectivity index (χ4v) is 1.19. The normalized spacial score (nSPS) is 9.88. The van der Waals surface area contributed by atoms with Crippen molar-refractivity contribution >= 4 is 17.5 Å². The van der Waals surface area contributed by atoms with Gasteiger partial charge in [-0.1, -0.05) is 0 Å². The van der Waals surface area contributed by atoms with E-state index in [0.29, 0.717) is 0 Å². The average molecular weight is 225 g/mol. The molecule has 0 aliphatic carbocycles. The standard InChI is InChI=1S/C10H12FN3O2/c1-14(5-9(13)15)10(16)6-2-3-8(12)7(11)4-6/h2-4H,5,12H2,1H3,(H2,13,15). The number of nitrogen functional groups attached to an aromatic ring is 1. The zero-order valence-electron chi connectivity index (χ0n) is 8.74. The number of amides is 2. The van der Waals surface area contributed by atoms with Gasteiger partial charge in [0.25, 0.3) is 5.91 Å². The van der Waals surface area contributed by atoms with Gasteiger partial charge in [-0.05, 0) is 18.2 Å². The van der Waals surface area contributed by atoms with Crippen LogP contribution in [-0.2, 0) is 4.79 Å². The van der Waals surface area contributed by atoms with Gasteiger partial charge in [0.05, 0.1) is 12.2 Å². The third-order valence-electron chi connectivity index (χ3n) is 1.99. The van der Waals surface area contributed by atoms with Crippen LogP contribution in [0.15, 0.2) is 18.2 Å². The molecule has 2 amide bonds. The van der Waals surface area contributed by atoms with Crippen LogP contribution in [0.4, 0.5) is 10.1 Å². The molecule has 0 fully saturated rings. The number of hydrogen-bond donors (Lipinski definition) is 2. The number of likely N-dealkylation sites (N-methyl/N-ethyl adjacent to an activating group) is 1. The third-order valence-corrected chi connectivity index (χ3v) is 1.99. The highest BCUT2D eigenvalue weighted by molar-refractivity contribution is 5.96. The Kier molecular flexibility index (Phi) is 3.44. The van der Waals surface area contributed by atoms with Gasteiger partial charge < -0.3 is 16.4 Å². The van der Waals surface area contributed by atoms with E-state index >= 15 is 0 Å². The lowest BCUT2D eigenvalue weighted by atomic mass is 10.2. The van der Waals surface area contributed by atoms with Crippen molar-refractivity contribution in [3.8, 4) is 0 Å². The summed E-state index contributed by atoms with van der Waals surface area (Å²) in [6.07, 6.45) is 0. The molecule has 4 N–H and O–H groups in total. The Labute approximate surface area is 91.8 Å². The summed E-state index contributed by atoms with van der Waals surface area (Å²) < 4.78 is 13.1. The van der Waals surface area contributed by atoms with Crippen molar-refractivity contribution in [3.05, 3.63) is 29.6 Å². The fraction of sp³-hybridized carbons (Fsp3) is 0.200. The highest BCUT2D eigenvalue weighted by Crippen LogP contribution is 2.13. The van der Waals surface area contributed by atoms with Crippen LogP contribution in [0, 0.1) is 5.82 Å². The lowest BCUT2D eigenvalue weighted by Crippen LogP contribution is -2.35. The Balaban J connectivity index is 2.88. The molecule has 0 heterocycles. The molecular weight excluding hydrogens is 213 g/mol. The van der Waals surface area contributed by atoms with Crippen LogP contribution in [0.5, 0.6) is 0 Å². The number of hydrogen-bond acceptors (Lipinski definition) is 3. The molecule has 0 saturated heterocycles. The van der Waals surface area contributed by atoms with Crippen LogP contribution in [-0.4, -0.2) is 30.3 Å². The Morgan fingerprint density at radius 3 is 2.56 bits per heavy atom. The van der Waals surface area contributed by atoms with E-state index in [-0.39, 0.29) is 17.8 Å². The van der Waals surface area contributed by atoms with E-state index in [9.17, 15) is 14.0 Å². The zero-order valence-corrected chi connectivity index (χ0v) is 8.74. The molecule has 0 aromatic heterocycles. The monoisotopic (exact) mass is 225 g/mol. The van der Waals surface area contributed by atoms with Crippen molar-refractivity contribution in [1.29, 1.82) is 0 Å². The maximum Gasteiger partial charge on any atom is 0.254 e. The largest absolute Gasteiger partial charge is 0.396 e. The molecule has 0 spiro atoms. The number of carbonyl (C=O) groups is 2. The summed E-state index contributed by atoms with van der Waals surface area (Å²) in [4.78, 5) is 23.4. The van der Waals surface area contributed by atoms with E-state index in [1.165, 1.54) is 19.2 Å². The van der Waals surface area contributed by atoms with Crippen molar-refractivity contribution in [2.45, 2.75) is 0 Å². The predicted octanol–water partition coefficient (Wildman–Crippen LogP) is -0.0348. The van der Waals surface area contributed by atoms with Gasteiger partial charge in [-0.3, -0.25) is 9.59 Å². The third kappa shape index (κ3) is 2.69. The SMILES string of the molecule is CN(CC(N)=O)C(=O)c1ccc(N)c(F)c1. The number of carbonyl (C=O) groups excluding carboxylic acids is 2. The summed E-state index contributed by atoms with van der Waals surface area (Å²) in [5.74, 6) is -1.79. The van der Waals surface area contributed by atoms with Gasteiger partial charge in [-0.2, -0.15) is 0 Å². The molecule has 5 nitrogen and oxygen atoms in total. The van der Waals surface area contributed by atoms with Crippen LogP contribution >= 0.6 is 0 Å². The summed E-state index contributed by atoms with van der Waals surface area (Å²) in [6, 6.07) is 3.70. The van der Waals surface area contributed by atoms with E-state index in [2.05, 4.69) is 0 Å². The molecule has 1 aromatic carbocycles. The summed E-state index contributed by atoms with van der Waals surface area (Å²) >= 11 is 0. The maximum absolute atomic E-state index is 13.1. The van der Waals surface area contributed by atoms with E-state index < -0.39 is 17.6 Å². The summed E-state index contributed by atoms with van der Waals surface area (Å²) in [5.41, 5.74) is 10.3. The first-order valence-corrected chi connectivity index (χ1v) is 4.50. The van der Waals surface area contributed by atoms with Crippen LogP contribution in [0.2, 0.25) is 0 Å². The molecule has 0 unspecified atom stereocenters. The fourth-order valence-electron chi connectivity index (χ4n) is 1.19. The second-order valence-electron chi connectivity index (χ2n) is 3.36. The van der Waals surface area contributed by atoms with Crippen molar-refractivity contribution < 1.29 is 14.0 Å². The zero-order chi connectivity index (χ0) is 12.3. The molecule has 16 heavy (non-hydrogen) atoms. The lowest BCUT2D eigenvalue weighted by molar-refractivity contribution is -0.118. The quantitative estimate of drug-likeness (QED) is 0.707. The number of halogens is 1. The molecule has 0 atom stereocenters. The smallest absolute Gasteiger partial charge is 0.254 e. The maximum atomic E-state index is 13.1. The van der Waals surface area contributed by atoms with Gasteiger partial charge in [0.1, 0.15) is 5.82 Å². The molecule has 0 aliphatic heterocycles. The van der Waals surface area contributed by atoms with Crippen LogP contribution in [0.3, 0.4) is 0 Å². The molecule has 1 rings (SSSR count). The van der Waals surface area contributed by atoms with Crippen LogP contribution in [0.1, 0.15) is 10.4 Å². The summed E-state index contributed by atoms with van der Waals surface area (Å²) in [7, 11) is 1.40. The minimum Gasteiger partial charge on any atom is -0.396 e. The second-order valence-corrected chi connectivity index (χ2v) is 3.36. The Morgan fingerprint density at radius 1 is 1.44 bits per heavy atom. The van der Waals surface area contributed by atoms with Crippen LogP contribution in [0.25, 0.3) is 0 Å². The number of primary amides is 1. The van der Waals surface area contributed by atoms with Gasteiger partial charge in [0.2, 0.25) is 5.91 Å². The highest BCUT2D eigenvalue weighted by atomic mass is 19.1. The molecular formula is C10H12FN3O2. The molecule has 86 valence electrons. The highest BCUT2D eigenvalue weighted by Gasteiger charge is 2.14. The first-order chi connectivity index (χ1) is 7.41. The number of benzene rings is 1. The number of nitrogens with zero attached hydrogens (tertiary/aromatic N) is 1. The van der Waals surface area contributed by atoms with Gasteiger partial charge >= 0.3 is 0 Å². The van der Waals surface area contributed by atoms with Gasteiger partial charge in [-0.25, -0.2) is 4.39 Å². The van der Waals surface area contributed by atoms with E-state index in [1.54, 1.807) is 0 Å². The molecule has 6 heteroatoms. The molecule has 0 aliphatic rings. The summed E-state index contributed by atoms with van der Waals surface area (Å²) in [5, 5.41) is 0. The number of anilines is 1. The van der Waals surface area contributed by atoms with Crippen molar-refractivity contribution in [1.82, 2.24) is 4.90 Å². The number of rotatable bonds is 3. The molecule has 0 radical (unpaired) electrons. The van der Waals surface area contributed by atoms with Crippen molar-refractivity contribution in [2.24, 2.45) is 5.73 Å². The topological polar surface area (TPSA) is 89.4 Å². The minimum atomic E-state index is -0.668. The molecule has 1 aromatic rings. The number of nitrogens with two attached hydrogens (primary N) is 2. The Hall–Kier alpha value is -2.11. The second kappa shape index (κ2) is 4.61. The minimum absolute atomic E-state index is 0.0332. The van der Waals surface area contributed by atoms with Crippen LogP contribution < -0.4 is 11.5 Å². The Morgan fingerprint density at radius 2 is 2.06 bits per heavy atom. The molecule has 0 bridgehead atoms. The average Bonchev–Trinajstić information content (AvgIpc) is 2.20. The first-order valence-electron chi connectivity index (χ1n) is 4.50. The van der Waals surface area contributed by atoms with Crippen molar-refractivity contribution in [3.63, 3.8) is 0 Å². The lowest BCUT2D eigenvalue weighted by Gasteiger charge is -2.15. The van der Waals surface area contributed by atoms with E-state index in [1.807, 2.05) is 0 Å². The Bertz CT molecular complexity index is 434. The first kappa shape index (κ1) is 12.0. The van der Waals surface area contributed by atoms with E-state index in [0.717, 1.165) is 11.0 Å². The molecule has 0 saturated carbocycles. The van der Waals surface area contributed by atoms with E-state index in [4.69, 9.17) is 11.5 Å². The predicted molar refractivity (Wildman–Crippen MR) is 57.0 cm³/mol. The van der Waals surface area contributed by atoms with Gasteiger partial charge in [0.15, 0.2) is 0 Å². The van der Waals surface area contributed by atoms with Crippen molar-refractivity contribution in [2.75, 3.05) is 19.3 Å². The van der Waals surface area contributed by atoms with Gasteiger partial charge in [-0.15, -0.1) is 0 Å². The van der Waals surface area contributed by atoms with Gasteiger partial charge in [0, 0.05) is 12.6 Å².